The molecule has 0 spiro atoms. The third-order valence-corrected chi connectivity index (χ3v) is 6.32. The van der Waals surface area contributed by atoms with E-state index in [1.165, 1.54) is 22.8 Å². The molecule has 1 amide bonds. The van der Waals surface area contributed by atoms with Gasteiger partial charge in [0.1, 0.15) is 0 Å². The number of amides is 1. The van der Waals surface area contributed by atoms with Crippen LogP contribution in [0.5, 0.6) is 0 Å². The van der Waals surface area contributed by atoms with Gasteiger partial charge in [-0.1, -0.05) is 46.6 Å². The van der Waals surface area contributed by atoms with Crippen LogP contribution in [0.4, 0.5) is 5.69 Å². The third kappa shape index (κ3) is 3.55. The van der Waals surface area contributed by atoms with Crippen LogP contribution in [0.3, 0.4) is 0 Å². The van der Waals surface area contributed by atoms with Crippen molar-refractivity contribution in [1.82, 2.24) is 4.98 Å². The van der Waals surface area contributed by atoms with Crippen LogP contribution in [0.25, 0.3) is 10.9 Å². The van der Waals surface area contributed by atoms with Gasteiger partial charge in [0.2, 0.25) is 5.91 Å². The number of pyridine rings is 1. The Labute approximate surface area is 164 Å². The molecule has 0 saturated carbocycles. The van der Waals surface area contributed by atoms with Crippen molar-refractivity contribution in [2.75, 3.05) is 4.90 Å². The van der Waals surface area contributed by atoms with Gasteiger partial charge in [-0.3, -0.25) is 9.78 Å². The number of fused-ring (bicyclic) bond motifs is 1. The number of carbonyl (C=O) groups is 1. The lowest BCUT2D eigenvalue weighted by atomic mass is 9.69. The van der Waals surface area contributed by atoms with Crippen molar-refractivity contribution in [3.05, 3.63) is 34.0 Å². The zero-order valence-electron chi connectivity index (χ0n) is 15.6. The monoisotopic (exact) mass is 450 g/mol. The van der Waals surface area contributed by atoms with E-state index in [0.29, 0.717) is 12.3 Å². The van der Waals surface area contributed by atoms with Gasteiger partial charge in [0.05, 0.1) is 11.2 Å². The van der Waals surface area contributed by atoms with E-state index in [1.54, 1.807) is 0 Å². The quantitative estimate of drug-likeness (QED) is 0.426. The molecular weight excluding hydrogens is 423 g/mol. The van der Waals surface area contributed by atoms with Crippen LogP contribution in [0.1, 0.15) is 53.4 Å². The van der Waals surface area contributed by atoms with Crippen molar-refractivity contribution in [2.24, 2.45) is 11.3 Å². The molecule has 25 heavy (non-hydrogen) atoms. The Morgan fingerprint density at radius 3 is 2.72 bits per heavy atom. The van der Waals surface area contributed by atoms with E-state index < -0.39 is 0 Å². The number of benzene rings is 1. The molecule has 1 aliphatic rings. The van der Waals surface area contributed by atoms with Crippen LogP contribution in [-0.2, 0) is 4.79 Å². The van der Waals surface area contributed by atoms with Crippen molar-refractivity contribution in [2.45, 2.75) is 59.4 Å². The SMILES string of the molecule is CCCC[C@H]([C@H]1CC(=O)N1c1ccc(I)c2cccnc12)C(C)(C)C. The Hall–Kier alpha value is -1.17. The van der Waals surface area contributed by atoms with E-state index >= 15 is 0 Å². The molecule has 2 aromatic rings. The van der Waals surface area contributed by atoms with Gasteiger partial charge >= 0.3 is 0 Å². The Morgan fingerprint density at radius 1 is 1.32 bits per heavy atom. The second-order valence-corrected chi connectivity index (χ2v) is 9.28. The number of β-lactam (4-membered cyclic amide) rings is 1. The molecule has 1 aromatic carbocycles. The predicted octanol–water partition coefficient (Wildman–Crippen LogP) is 5.80. The van der Waals surface area contributed by atoms with Crippen LogP contribution < -0.4 is 4.90 Å². The summed E-state index contributed by atoms with van der Waals surface area (Å²) in [7, 11) is 0. The highest BCUT2D eigenvalue weighted by Gasteiger charge is 2.46. The first-order chi connectivity index (χ1) is 11.8. The standard InChI is InChI=1S/C21H27IN2O/c1-5-6-9-15(21(2,3)4)18-13-19(25)24(18)17-11-10-16(22)14-8-7-12-23-20(14)17/h7-8,10-12,15,18H,5-6,9,13H2,1-4H3/t15-,18-/m1/s1. The van der Waals surface area contributed by atoms with Crippen LogP contribution in [0.2, 0.25) is 0 Å². The first kappa shape index (κ1) is 18.6. The molecule has 1 aliphatic heterocycles. The highest BCUT2D eigenvalue weighted by Crippen LogP contribution is 2.44. The summed E-state index contributed by atoms with van der Waals surface area (Å²) in [6.45, 7) is 9.15. The fourth-order valence-electron chi connectivity index (χ4n) is 4.02. The molecule has 3 nitrogen and oxygen atoms in total. The Bertz CT molecular complexity index is 781. The van der Waals surface area contributed by atoms with Crippen LogP contribution in [0.15, 0.2) is 30.5 Å². The van der Waals surface area contributed by atoms with E-state index in [2.05, 4.69) is 73.5 Å². The summed E-state index contributed by atoms with van der Waals surface area (Å²) < 4.78 is 1.17. The van der Waals surface area contributed by atoms with Gasteiger partial charge in [-0.2, -0.15) is 0 Å². The van der Waals surface area contributed by atoms with E-state index in [4.69, 9.17) is 0 Å². The topological polar surface area (TPSA) is 33.2 Å². The van der Waals surface area contributed by atoms with E-state index in [-0.39, 0.29) is 17.4 Å². The lowest BCUT2D eigenvalue weighted by Crippen LogP contribution is -2.59. The summed E-state index contributed by atoms with van der Waals surface area (Å²) in [5.74, 6) is 0.729. The van der Waals surface area contributed by atoms with Gasteiger partial charge in [-0.05, 0) is 58.5 Å². The molecule has 3 rings (SSSR count). The zero-order chi connectivity index (χ0) is 18.2. The minimum Gasteiger partial charge on any atom is -0.306 e. The average molecular weight is 450 g/mol. The molecule has 0 bridgehead atoms. The summed E-state index contributed by atoms with van der Waals surface area (Å²) in [5, 5.41) is 1.12. The number of rotatable bonds is 5. The van der Waals surface area contributed by atoms with Crippen molar-refractivity contribution >= 4 is 45.1 Å². The van der Waals surface area contributed by atoms with Crippen molar-refractivity contribution in [1.29, 1.82) is 0 Å². The number of carbonyl (C=O) groups excluding carboxylic acids is 1. The predicted molar refractivity (Wildman–Crippen MR) is 113 cm³/mol. The minimum absolute atomic E-state index is 0.186. The van der Waals surface area contributed by atoms with Gasteiger partial charge in [0.25, 0.3) is 0 Å². The second kappa shape index (κ2) is 7.22. The summed E-state index contributed by atoms with van der Waals surface area (Å²) in [6.07, 6.45) is 6.06. The Balaban J connectivity index is 2.01. The highest BCUT2D eigenvalue weighted by atomic mass is 127. The fraction of sp³-hybridized carbons (Fsp3) is 0.524. The third-order valence-electron chi connectivity index (χ3n) is 5.38. The molecule has 2 atom stereocenters. The number of unbranched alkanes of at least 4 members (excludes halogenated alkanes) is 1. The van der Waals surface area contributed by atoms with Crippen LogP contribution in [0, 0.1) is 14.9 Å². The summed E-state index contributed by atoms with van der Waals surface area (Å²) in [6, 6.07) is 8.50. The van der Waals surface area contributed by atoms with Crippen LogP contribution in [-0.4, -0.2) is 16.9 Å². The Kier molecular flexibility index (Phi) is 5.37. The summed E-state index contributed by atoms with van der Waals surface area (Å²) in [4.78, 5) is 19.2. The Morgan fingerprint density at radius 2 is 2.08 bits per heavy atom. The molecule has 2 heterocycles. The number of nitrogens with zero attached hydrogens (tertiary/aromatic N) is 2. The number of anilines is 1. The molecule has 0 radical (unpaired) electrons. The molecule has 1 aromatic heterocycles. The molecule has 0 unspecified atom stereocenters. The second-order valence-electron chi connectivity index (χ2n) is 8.12. The highest BCUT2D eigenvalue weighted by molar-refractivity contribution is 14.1. The van der Waals surface area contributed by atoms with E-state index in [0.717, 1.165) is 16.6 Å². The largest absolute Gasteiger partial charge is 0.306 e. The molecular formula is C21H27IN2O. The number of hydrogen-bond donors (Lipinski definition) is 0. The zero-order valence-corrected chi connectivity index (χ0v) is 17.7. The van der Waals surface area contributed by atoms with E-state index in [1.807, 2.05) is 17.2 Å². The lowest BCUT2D eigenvalue weighted by Gasteiger charge is -2.49. The fourth-order valence-corrected chi connectivity index (χ4v) is 4.64. The molecule has 0 N–H and O–H groups in total. The lowest BCUT2D eigenvalue weighted by molar-refractivity contribution is -0.126. The maximum absolute atomic E-state index is 12.6. The smallest absolute Gasteiger partial charge is 0.229 e. The average Bonchev–Trinajstić information content (AvgIpc) is 2.56. The maximum Gasteiger partial charge on any atom is 0.229 e. The van der Waals surface area contributed by atoms with Crippen molar-refractivity contribution < 1.29 is 4.79 Å². The van der Waals surface area contributed by atoms with Crippen molar-refractivity contribution in [3.8, 4) is 0 Å². The maximum atomic E-state index is 12.6. The van der Waals surface area contributed by atoms with Crippen molar-refractivity contribution in [3.63, 3.8) is 0 Å². The molecule has 0 aliphatic carbocycles. The molecule has 134 valence electrons. The van der Waals surface area contributed by atoms with Gasteiger partial charge < -0.3 is 4.90 Å². The molecule has 1 saturated heterocycles. The number of halogens is 1. The first-order valence-electron chi connectivity index (χ1n) is 9.20. The van der Waals surface area contributed by atoms with Gasteiger partial charge in [0, 0.05) is 27.6 Å². The normalized spacial score (nSPS) is 19.2. The van der Waals surface area contributed by atoms with Gasteiger partial charge in [0.15, 0.2) is 0 Å². The summed E-state index contributed by atoms with van der Waals surface area (Å²) in [5.41, 5.74) is 2.10. The van der Waals surface area contributed by atoms with E-state index in [9.17, 15) is 4.79 Å². The van der Waals surface area contributed by atoms with Gasteiger partial charge in [-0.15, -0.1) is 0 Å². The first-order valence-corrected chi connectivity index (χ1v) is 10.3. The minimum atomic E-state index is 0.186. The number of hydrogen-bond acceptors (Lipinski definition) is 2. The molecule has 4 heteroatoms. The molecule has 1 fully saturated rings. The van der Waals surface area contributed by atoms with Crippen LogP contribution >= 0.6 is 22.6 Å². The van der Waals surface area contributed by atoms with Gasteiger partial charge in [-0.25, -0.2) is 0 Å². The summed E-state index contributed by atoms with van der Waals surface area (Å²) >= 11 is 2.34. The number of aromatic nitrogens is 1.